The lowest BCUT2D eigenvalue weighted by atomic mass is 9.94. The standard InChI is InChI=1S/C14H22N2O3/c1-9-5-6-15(7-9)14(19)16-8-10-3-2-4-11(10)12(16)13(17)18/h9-12H,2-8H2,1H3,(H,17,18). The predicted molar refractivity (Wildman–Crippen MR) is 69.7 cm³/mol. The summed E-state index contributed by atoms with van der Waals surface area (Å²) in [6, 6.07) is -0.637. The normalized spacial score (nSPS) is 37.7. The van der Waals surface area contributed by atoms with E-state index in [0.29, 0.717) is 18.4 Å². The quantitative estimate of drug-likeness (QED) is 0.784. The first-order valence-electron chi connectivity index (χ1n) is 7.36. The Morgan fingerprint density at radius 1 is 1.16 bits per heavy atom. The van der Waals surface area contributed by atoms with Gasteiger partial charge < -0.3 is 14.9 Å². The van der Waals surface area contributed by atoms with E-state index in [1.807, 2.05) is 4.90 Å². The van der Waals surface area contributed by atoms with Crippen LogP contribution in [0.5, 0.6) is 0 Å². The fraction of sp³-hybridized carbons (Fsp3) is 0.857. The van der Waals surface area contributed by atoms with E-state index >= 15 is 0 Å². The molecule has 3 aliphatic rings. The molecule has 0 aromatic carbocycles. The molecule has 19 heavy (non-hydrogen) atoms. The fourth-order valence-electron chi connectivity index (χ4n) is 4.11. The molecule has 0 spiro atoms. The van der Waals surface area contributed by atoms with E-state index in [1.54, 1.807) is 4.90 Å². The Labute approximate surface area is 113 Å². The van der Waals surface area contributed by atoms with Gasteiger partial charge in [-0.3, -0.25) is 0 Å². The molecule has 106 valence electrons. The highest BCUT2D eigenvalue weighted by Gasteiger charge is 2.50. The second-order valence-corrected chi connectivity index (χ2v) is 6.41. The van der Waals surface area contributed by atoms with Crippen molar-refractivity contribution >= 4 is 12.0 Å². The number of likely N-dealkylation sites (tertiary alicyclic amines) is 2. The molecule has 0 bridgehead atoms. The average molecular weight is 266 g/mol. The molecule has 0 aromatic heterocycles. The van der Waals surface area contributed by atoms with Gasteiger partial charge in [0.2, 0.25) is 0 Å². The van der Waals surface area contributed by atoms with E-state index in [0.717, 1.165) is 38.8 Å². The van der Waals surface area contributed by atoms with Crippen LogP contribution in [0, 0.1) is 17.8 Å². The number of nitrogens with zero attached hydrogens (tertiary/aromatic N) is 2. The molecule has 1 saturated carbocycles. The molecule has 2 heterocycles. The van der Waals surface area contributed by atoms with Gasteiger partial charge in [0.1, 0.15) is 6.04 Å². The third kappa shape index (κ3) is 2.09. The van der Waals surface area contributed by atoms with Gasteiger partial charge >= 0.3 is 12.0 Å². The minimum Gasteiger partial charge on any atom is -0.480 e. The summed E-state index contributed by atoms with van der Waals surface area (Å²) in [5.41, 5.74) is 0. The number of carbonyl (C=O) groups is 2. The van der Waals surface area contributed by atoms with E-state index in [2.05, 4.69) is 6.92 Å². The lowest BCUT2D eigenvalue weighted by molar-refractivity contribution is -0.142. The Hall–Kier alpha value is -1.26. The SMILES string of the molecule is CC1CCN(C(=O)N2CC3CCCC3C2C(=O)O)C1. The highest BCUT2D eigenvalue weighted by Crippen LogP contribution is 2.42. The first-order chi connectivity index (χ1) is 9.08. The van der Waals surface area contributed by atoms with Crippen molar-refractivity contribution in [2.75, 3.05) is 19.6 Å². The number of amides is 2. The van der Waals surface area contributed by atoms with Crippen molar-refractivity contribution in [3.8, 4) is 0 Å². The van der Waals surface area contributed by atoms with Crippen molar-refractivity contribution in [3.05, 3.63) is 0 Å². The smallest absolute Gasteiger partial charge is 0.326 e. The van der Waals surface area contributed by atoms with E-state index in [4.69, 9.17) is 0 Å². The third-order valence-corrected chi connectivity index (χ3v) is 5.08. The summed E-state index contributed by atoms with van der Waals surface area (Å²) in [4.78, 5) is 27.5. The lowest BCUT2D eigenvalue weighted by Crippen LogP contribution is -2.49. The number of carbonyl (C=O) groups excluding carboxylic acids is 1. The lowest BCUT2D eigenvalue weighted by Gasteiger charge is -2.29. The van der Waals surface area contributed by atoms with Gasteiger partial charge in [-0.25, -0.2) is 9.59 Å². The molecule has 4 atom stereocenters. The maximum absolute atomic E-state index is 12.5. The Bertz CT molecular complexity index is 398. The zero-order valence-electron chi connectivity index (χ0n) is 11.4. The second kappa shape index (κ2) is 4.69. The van der Waals surface area contributed by atoms with Crippen LogP contribution in [0.25, 0.3) is 0 Å². The van der Waals surface area contributed by atoms with Crippen molar-refractivity contribution in [1.82, 2.24) is 9.80 Å². The molecule has 2 saturated heterocycles. The summed E-state index contributed by atoms with van der Waals surface area (Å²) in [7, 11) is 0. The average Bonchev–Trinajstić information content (AvgIpc) is 3.00. The van der Waals surface area contributed by atoms with Crippen molar-refractivity contribution in [2.24, 2.45) is 17.8 Å². The van der Waals surface area contributed by atoms with Crippen LogP contribution in [0.2, 0.25) is 0 Å². The van der Waals surface area contributed by atoms with Crippen LogP contribution >= 0.6 is 0 Å². The van der Waals surface area contributed by atoms with E-state index in [-0.39, 0.29) is 11.9 Å². The number of rotatable bonds is 1. The topological polar surface area (TPSA) is 60.9 Å². The number of hydrogen-bond donors (Lipinski definition) is 1. The van der Waals surface area contributed by atoms with Gasteiger partial charge in [0.05, 0.1) is 0 Å². The maximum Gasteiger partial charge on any atom is 0.326 e. The number of hydrogen-bond acceptors (Lipinski definition) is 2. The van der Waals surface area contributed by atoms with Crippen LogP contribution in [0.1, 0.15) is 32.6 Å². The van der Waals surface area contributed by atoms with Crippen molar-refractivity contribution in [1.29, 1.82) is 0 Å². The van der Waals surface area contributed by atoms with Gasteiger partial charge in [-0.05, 0) is 37.0 Å². The summed E-state index contributed by atoms with van der Waals surface area (Å²) >= 11 is 0. The first-order valence-corrected chi connectivity index (χ1v) is 7.36. The van der Waals surface area contributed by atoms with Gasteiger partial charge in [0, 0.05) is 19.6 Å². The largest absolute Gasteiger partial charge is 0.480 e. The Morgan fingerprint density at radius 2 is 1.95 bits per heavy atom. The monoisotopic (exact) mass is 266 g/mol. The van der Waals surface area contributed by atoms with Crippen molar-refractivity contribution in [2.45, 2.75) is 38.6 Å². The minimum absolute atomic E-state index is 0.0499. The van der Waals surface area contributed by atoms with E-state index < -0.39 is 12.0 Å². The molecule has 5 heteroatoms. The molecule has 5 nitrogen and oxygen atoms in total. The molecule has 2 amide bonds. The van der Waals surface area contributed by atoms with E-state index in [9.17, 15) is 14.7 Å². The highest BCUT2D eigenvalue weighted by atomic mass is 16.4. The van der Waals surface area contributed by atoms with Crippen LogP contribution in [-0.4, -0.2) is 52.6 Å². The van der Waals surface area contributed by atoms with Crippen LogP contribution in [0.4, 0.5) is 4.79 Å². The van der Waals surface area contributed by atoms with Crippen LogP contribution < -0.4 is 0 Å². The summed E-state index contributed by atoms with van der Waals surface area (Å²) < 4.78 is 0. The molecule has 3 fully saturated rings. The zero-order chi connectivity index (χ0) is 13.6. The van der Waals surface area contributed by atoms with Crippen LogP contribution in [-0.2, 0) is 4.79 Å². The second-order valence-electron chi connectivity index (χ2n) is 6.41. The molecule has 2 aliphatic heterocycles. The fourth-order valence-corrected chi connectivity index (χ4v) is 4.11. The molecular formula is C14H22N2O3. The van der Waals surface area contributed by atoms with Gasteiger partial charge in [0.15, 0.2) is 0 Å². The van der Waals surface area contributed by atoms with Gasteiger partial charge in [-0.1, -0.05) is 13.3 Å². The summed E-state index contributed by atoms with van der Waals surface area (Å²) in [6.07, 6.45) is 4.18. The van der Waals surface area contributed by atoms with Crippen LogP contribution in [0.3, 0.4) is 0 Å². The predicted octanol–water partition coefficient (Wildman–Crippen LogP) is 1.63. The number of urea groups is 1. The summed E-state index contributed by atoms with van der Waals surface area (Å²) in [6.45, 7) is 4.33. The Morgan fingerprint density at radius 3 is 2.58 bits per heavy atom. The Balaban J connectivity index is 1.76. The molecule has 1 aliphatic carbocycles. The molecule has 3 rings (SSSR count). The molecule has 1 N–H and O–H groups in total. The zero-order valence-corrected chi connectivity index (χ0v) is 11.4. The van der Waals surface area contributed by atoms with Crippen molar-refractivity contribution in [3.63, 3.8) is 0 Å². The number of aliphatic carboxylic acids is 1. The minimum atomic E-state index is -0.824. The van der Waals surface area contributed by atoms with Gasteiger partial charge in [0.25, 0.3) is 0 Å². The van der Waals surface area contributed by atoms with E-state index in [1.165, 1.54) is 0 Å². The summed E-state index contributed by atoms with van der Waals surface area (Å²) in [5.74, 6) is 0.302. The molecular weight excluding hydrogens is 244 g/mol. The third-order valence-electron chi connectivity index (χ3n) is 5.08. The van der Waals surface area contributed by atoms with Gasteiger partial charge in [-0.2, -0.15) is 0 Å². The molecule has 4 unspecified atom stereocenters. The number of carboxylic acids is 1. The maximum atomic E-state index is 12.5. The summed E-state index contributed by atoms with van der Waals surface area (Å²) in [5, 5.41) is 9.46. The first kappa shape index (κ1) is 12.8. The van der Waals surface area contributed by atoms with Gasteiger partial charge in [-0.15, -0.1) is 0 Å². The molecule has 0 aromatic rings. The number of carboxylic acid groups (broad SMARTS) is 1. The van der Waals surface area contributed by atoms with Crippen LogP contribution in [0.15, 0.2) is 0 Å². The highest BCUT2D eigenvalue weighted by molar-refractivity contribution is 5.84. The van der Waals surface area contributed by atoms with Crippen molar-refractivity contribution < 1.29 is 14.7 Å². The molecule has 0 radical (unpaired) electrons. The Kier molecular flexibility index (Phi) is 3.15. The number of fused-ring (bicyclic) bond motifs is 1.